The predicted octanol–water partition coefficient (Wildman–Crippen LogP) is 2.60. The molecule has 0 unspecified atom stereocenters. The van der Waals surface area contributed by atoms with E-state index in [1.807, 2.05) is 0 Å². The first-order chi connectivity index (χ1) is 7.15. The number of pyridine rings is 1. The fraction of sp³-hybridized carbons (Fsp3) is 0.222. The van der Waals surface area contributed by atoms with Crippen molar-refractivity contribution < 1.29 is 13.6 Å². The Morgan fingerprint density at radius 2 is 2.33 bits per heavy atom. The number of carbonyl (C=O) groups excluding carboxylic acids is 1. The molecule has 1 aromatic rings. The average molecular weight is 275 g/mol. The quantitative estimate of drug-likeness (QED) is 0.629. The summed E-state index contributed by atoms with van der Waals surface area (Å²) in [5.74, 6) is 0. The first kappa shape index (κ1) is 11.7. The number of nitrogens with zero attached hydrogens (tertiary/aromatic N) is 2. The Morgan fingerprint density at radius 3 is 2.73 bits per heavy atom. The van der Waals surface area contributed by atoms with E-state index in [-0.39, 0.29) is 22.2 Å². The summed E-state index contributed by atoms with van der Waals surface area (Å²) in [6.07, 6.45) is -1.51. The van der Waals surface area contributed by atoms with Crippen molar-refractivity contribution in [3.8, 4) is 6.07 Å². The van der Waals surface area contributed by atoms with Crippen molar-refractivity contribution in [1.29, 1.82) is 5.26 Å². The van der Waals surface area contributed by atoms with Gasteiger partial charge in [0.1, 0.15) is 11.8 Å². The van der Waals surface area contributed by atoms with Crippen LogP contribution in [0.4, 0.5) is 8.78 Å². The molecule has 15 heavy (non-hydrogen) atoms. The molecule has 0 fully saturated rings. The Balaban J connectivity index is 3.53. The van der Waals surface area contributed by atoms with E-state index < -0.39 is 12.0 Å². The number of nitriles is 1. The van der Waals surface area contributed by atoms with Gasteiger partial charge in [-0.1, -0.05) is 15.9 Å². The Hall–Kier alpha value is -1.35. The van der Waals surface area contributed by atoms with Crippen molar-refractivity contribution in [1.82, 2.24) is 4.98 Å². The highest BCUT2D eigenvalue weighted by Gasteiger charge is 2.20. The van der Waals surface area contributed by atoms with E-state index >= 15 is 0 Å². The molecule has 1 heterocycles. The van der Waals surface area contributed by atoms with Gasteiger partial charge < -0.3 is 0 Å². The van der Waals surface area contributed by atoms with Crippen LogP contribution in [-0.2, 0) is 5.33 Å². The molecular formula is C9H5BrF2N2O. The summed E-state index contributed by atoms with van der Waals surface area (Å²) in [7, 11) is 0. The maximum absolute atomic E-state index is 12.7. The van der Waals surface area contributed by atoms with Gasteiger partial charge >= 0.3 is 0 Å². The summed E-state index contributed by atoms with van der Waals surface area (Å²) in [6.45, 7) is 0. The lowest BCUT2D eigenvalue weighted by atomic mass is 10.0. The van der Waals surface area contributed by atoms with Gasteiger partial charge in [0.25, 0.3) is 6.43 Å². The van der Waals surface area contributed by atoms with Gasteiger partial charge in [-0.3, -0.25) is 4.79 Å². The fourth-order valence-electron chi connectivity index (χ4n) is 1.17. The molecule has 0 spiro atoms. The largest absolute Gasteiger partial charge is 0.298 e. The number of aromatic nitrogens is 1. The van der Waals surface area contributed by atoms with E-state index in [0.717, 1.165) is 6.20 Å². The van der Waals surface area contributed by atoms with Gasteiger partial charge in [0.2, 0.25) is 0 Å². The minimum Gasteiger partial charge on any atom is -0.298 e. The molecule has 0 saturated heterocycles. The number of hydrogen-bond donors (Lipinski definition) is 0. The van der Waals surface area contributed by atoms with Crippen LogP contribution >= 0.6 is 15.9 Å². The minimum absolute atomic E-state index is 0.0598. The molecule has 0 aliphatic rings. The van der Waals surface area contributed by atoms with E-state index in [2.05, 4.69) is 20.9 Å². The lowest BCUT2D eigenvalue weighted by molar-refractivity contribution is 0.110. The second-order valence-corrected chi connectivity index (χ2v) is 3.18. The maximum atomic E-state index is 12.7. The zero-order valence-corrected chi connectivity index (χ0v) is 8.96. The second kappa shape index (κ2) is 4.94. The smallest absolute Gasteiger partial charge is 0.264 e. The molecule has 6 heteroatoms. The summed E-state index contributed by atoms with van der Waals surface area (Å²) < 4.78 is 25.3. The maximum Gasteiger partial charge on any atom is 0.264 e. The van der Waals surface area contributed by atoms with E-state index in [4.69, 9.17) is 5.26 Å². The molecule has 1 aromatic heterocycles. The van der Waals surface area contributed by atoms with Crippen LogP contribution in [0.1, 0.15) is 33.6 Å². The standard InChI is InChI=1S/C9H5BrF2N2O/c10-1-6-7(2-13)14-3-5(4-15)8(6)9(11)12/h3-4,9H,1H2. The zero-order valence-electron chi connectivity index (χ0n) is 7.38. The Morgan fingerprint density at radius 1 is 1.67 bits per heavy atom. The number of halogens is 3. The first-order valence-electron chi connectivity index (χ1n) is 3.86. The molecule has 1 rings (SSSR count). The summed E-state index contributed by atoms with van der Waals surface area (Å²) in [5.41, 5.74) is -0.628. The highest BCUT2D eigenvalue weighted by Crippen LogP contribution is 2.28. The number of rotatable bonds is 3. The topological polar surface area (TPSA) is 53.8 Å². The molecule has 3 nitrogen and oxygen atoms in total. The van der Waals surface area contributed by atoms with Gasteiger partial charge in [-0.25, -0.2) is 13.8 Å². The molecule has 0 bridgehead atoms. The van der Waals surface area contributed by atoms with Crippen LogP contribution in [0.2, 0.25) is 0 Å². The number of carbonyl (C=O) groups is 1. The monoisotopic (exact) mass is 274 g/mol. The first-order valence-corrected chi connectivity index (χ1v) is 4.99. The lowest BCUT2D eigenvalue weighted by Gasteiger charge is -2.09. The summed E-state index contributed by atoms with van der Waals surface area (Å²) >= 11 is 2.99. The van der Waals surface area contributed by atoms with Gasteiger partial charge in [0, 0.05) is 28.2 Å². The zero-order chi connectivity index (χ0) is 11.4. The number of alkyl halides is 3. The van der Waals surface area contributed by atoms with Gasteiger partial charge in [0.05, 0.1) is 0 Å². The number of aldehydes is 1. The molecule has 0 aliphatic carbocycles. The van der Waals surface area contributed by atoms with Crippen LogP contribution in [-0.4, -0.2) is 11.3 Å². The van der Waals surface area contributed by atoms with Crippen molar-refractivity contribution in [2.24, 2.45) is 0 Å². The van der Waals surface area contributed by atoms with Crippen LogP contribution < -0.4 is 0 Å². The molecule has 0 N–H and O–H groups in total. The molecular weight excluding hydrogens is 270 g/mol. The molecule has 78 valence electrons. The van der Waals surface area contributed by atoms with E-state index in [0.29, 0.717) is 6.29 Å². The highest BCUT2D eigenvalue weighted by molar-refractivity contribution is 9.08. The lowest BCUT2D eigenvalue weighted by Crippen LogP contribution is -2.04. The van der Waals surface area contributed by atoms with Crippen LogP contribution in [0.25, 0.3) is 0 Å². The van der Waals surface area contributed by atoms with Crippen LogP contribution in [0.15, 0.2) is 6.20 Å². The van der Waals surface area contributed by atoms with E-state index in [1.165, 1.54) is 0 Å². The third kappa shape index (κ3) is 2.18. The van der Waals surface area contributed by atoms with Crippen LogP contribution in [0.3, 0.4) is 0 Å². The summed E-state index contributed by atoms with van der Waals surface area (Å²) in [4.78, 5) is 14.2. The molecule has 0 atom stereocenters. The molecule has 0 aromatic carbocycles. The van der Waals surface area contributed by atoms with Crippen molar-refractivity contribution in [2.75, 3.05) is 0 Å². The normalized spacial score (nSPS) is 10.1. The van der Waals surface area contributed by atoms with Crippen LogP contribution in [0, 0.1) is 11.3 Å². The molecule has 0 saturated carbocycles. The third-order valence-electron chi connectivity index (χ3n) is 1.84. The number of hydrogen-bond acceptors (Lipinski definition) is 3. The highest BCUT2D eigenvalue weighted by atomic mass is 79.9. The van der Waals surface area contributed by atoms with E-state index in [9.17, 15) is 13.6 Å². The van der Waals surface area contributed by atoms with Crippen molar-refractivity contribution in [3.05, 3.63) is 28.6 Å². The molecule has 0 radical (unpaired) electrons. The van der Waals surface area contributed by atoms with Crippen molar-refractivity contribution in [3.63, 3.8) is 0 Å². The molecule has 0 amide bonds. The minimum atomic E-state index is -2.80. The van der Waals surface area contributed by atoms with E-state index in [1.54, 1.807) is 6.07 Å². The van der Waals surface area contributed by atoms with Gasteiger partial charge in [0.15, 0.2) is 6.29 Å². The fourth-order valence-corrected chi connectivity index (χ4v) is 1.73. The van der Waals surface area contributed by atoms with Crippen LogP contribution in [0.5, 0.6) is 0 Å². The SMILES string of the molecule is N#Cc1ncc(C=O)c(C(F)F)c1CBr. The summed E-state index contributed by atoms with van der Waals surface area (Å²) in [5, 5.41) is 8.71. The third-order valence-corrected chi connectivity index (χ3v) is 2.40. The van der Waals surface area contributed by atoms with Crippen molar-refractivity contribution in [2.45, 2.75) is 11.8 Å². The average Bonchev–Trinajstić information content (AvgIpc) is 2.26. The Labute approximate surface area is 92.9 Å². The second-order valence-electron chi connectivity index (χ2n) is 2.62. The van der Waals surface area contributed by atoms with Crippen molar-refractivity contribution >= 4 is 22.2 Å². The summed E-state index contributed by atoms with van der Waals surface area (Å²) in [6, 6.07) is 1.70. The Bertz CT molecular complexity index is 429. The van der Waals surface area contributed by atoms with Gasteiger partial charge in [-0.15, -0.1) is 0 Å². The molecule has 0 aliphatic heterocycles. The van der Waals surface area contributed by atoms with Gasteiger partial charge in [-0.05, 0) is 0 Å². The Kier molecular flexibility index (Phi) is 3.86. The van der Waals surface area contributed by atoms with Gasteiger partial charge in [-0.2, -0.15) is 5.26 Å². The predicted molar refractivity (Wildman–Crippen MR) is 51.9 cm³/mol.